The van der Waals surface area contributed by atoms with Crippen molar-refractivity contribution in [3.63, 3.8) is 0 Å². The first-order valence-electron chi connectivity index (χ1n) is 8.53. The smallest absolute Gasteiger partial charge is 0.338 e. The standard InChI is InChI=1S/C20H19NO7/c1-12(22)13-3-5-15(6-4-13)21-18(23)11-28-20(24)14-9-16(25-2)19-17(10-14)26-7-8-27-19/h3-6,9-10H,7-8,11H2,1-2H3,(H,21,23). The molecule has 0 saturated heterocycles. The molecule has 0 atom stereocenters. The van der Waals surface area contributed by atoms with Crippen LogP contribution < -0.4 is 19.5 Å². The molecule has 0 fully saturated rings. The molecule has 1 amide bonds. The predicted molar refractivity (Wildman–Crippen MR) is 99.3 cm³/mol. The number of Topliss-reactive ketones (excluding diaryl/α,β-unsaturated/α-hetero) is 1. The van der Waals surface area contributed by atoms with Crippen LogP contribution in [0.25, 0.3) is 0 Å². The number of ketones is 1. The number of rotatable bonds is 6. The van der Waals surface area contributed by atoms with E-state index in [1.165, 1.54) is 26.2 Å². The molecule has 0 unspecified atom stereocenters. The number of anilines is 1. The summed E-state index contributed by atoms with van der Waals surface area (Å²) in [5.74, 6) is -0.115. The summed E-state index contributed by atoms with van der Waals surface area (Å²) in [7, 11) is 1.45. The minimum absolute atomic E-state index is 0.0679. The minimum Gasteiger partial charge on any atom is -0.493 e. The molecule has 1 aliphatic heterocycles. The van der Waals surface area contributed by atoms with Crippen LogP contribution in [-0.2, 0) is 9.53 Å². The van der Waals surface area contributed by atoms with Crippen molar-refractivity contribution in [2.24, 2.45) is 0 Å². The molecule has 28 heavy (non-hydrogen) atoms. The van der Waals surface area contributed by atoms with Crippen LogP contribution in [0.4, 0.5) is 5.69 Å². The molecule has 2 aromatic rings. The number of nitrogens with one attached hydrogen (secondary N) is 1. The topological polar surface area (TPSA) is 100 Å². The Balaban J connectivity index is 1.60. The van der Waals surface area contributed by atoms with Gasteiger partial charge in [0, 0.05) is 11.3 Å². The maximum atomic E-state index is 12.3. The van der Waals surface area contributed by atoms with Crippen molar-refractivity contribution < 1.29 is 33.3 Å². The summed E-state index contributed by atoms with van der Waals surface area (Å²) in [5.41, 5.74) is 1.21. The zero-order valence-corrected chi connectivity index (χ0v) is 15.4. The second-order valence-corrected chi connectivity index (χ2v) is 5.96. The quantitative estimate of drug-likeness (QED) is 0.602. The average Bonchev–Trinajstić information content (AvgIpc) is 2.71. The van der Waals surface area contributed by atoms with Gasteiger partial charge in [0.05, 0.1) is 12.7 Å². The number of hydrogen-bond acceptors (Lipinski definition) is 7. The van der Waals surface area contributed by atoms with Crippen molar-refractivity contribution in [1.29, 1.82) is 0 Å². The minimum atomic E-state index is -0.697. The lowest BCUT2D eigenvalue weighted by Gasteiger charge is -2.21. The highest BCUT2D eigenvalue weighted by Gasteiger charge is 2.22. The number of amides is 1. The van der Waals surface area contributed by atoms with Crippen LogP contribution in [0.2, 0.25) is 0 Å². The Labute approximate surface area is 161 Å². The number of benzene rings is 2. The average molecular weight is 385 g/mol. The third kappa shape index (κ3) is 4.40. The van der Waals surface area contributed by atoms with Crippen molar-refractivity contribution in [3.8, 4) is 17.2 Å². The van der Waals surface area contributed by atoms with E-state index in [9.17, 15) is 14.4 Å². The highest BCUT2D eigenvalue weighted by atomic mass is 16.6. The highest BCUT2D eigenvalue weighted by molar-refractivity contribution is 5.97. The maximum Gasteiger partial charge on any atom is 0.338 e. The number of hydrogen-bond donors (Lipinski definition) is 1. The van der Waals surface area contributed by atoms with E-state index >= 15 is 0 Å². The summed E-state index contributed by atoms with van der Waals surface area (Å²) in [6, 6.07) is 9.35. The normalized spacial score (nSPS) is 12.1. The van der Waals surface area contributed by atoms with Crippen LogP contribution in [0.3, 0.4) is 0 Å². The number of fused-ring (bicyclic) bond motifs is 1. The van der Waals surface area contributed by atoms with Crippen molar-refractivity contribution in [2.45, 2.75) is 6.92 Å². The third-order valence-corrected chi connectivity index (χ3v) is 3.97. The Morgan fingerprint density at radius 3 is 2.43 bits per heavy atom. The molecule has 0 aliphatic carbocycles. The van der Waals surface area contributed by atoms with Gasteiger partial charge in [-0.1, -0.05) is 0 Å². The Hall–Kier alpha value is -3.55. The van der Waals surface area contributed by atoms with Crippen LogP contribution in [0.5, 0.6) is 17.2 Å². The highest BCUT2D eigenvalue weighted by Crippen LogP contribution is 2.40. The summed E-state index contributed by atoms with van der Waals surface area (Å²) in [4.78, 5) is 35.5. The first-order valence-corrected chi connectivity index (χ1v) is 8.53. The molecule has 1 N–H and O–H groups in total. The van der Waals surface area contributed by atoms with Crippen molar-refractivity contribution >= 4 is 23.3 Å². The van der Waals surface area contributed by atoms with E-state index in [2.05, 4.69) is 5.32 Å². The second-order valence-electron chi connectivity index (χ2n) is 5.96. The summed E-state index contributed by atoms with van der Waals surface area (Å²) in [6.45, 7) is 1.74. The van der Waals surface area contributed by atoms with E-state index in [-0.39, 0.29) is 11.3 Å². The lowest BCUT2D eigenvalue weighted by Crippen LogP contribution is -2.21. The molecule has 0 radical (unpaired) electrons. The fraction of sp³-hybridized carbons (Fsp3) is 0.250. The molecule has 0 saturated carbocycles. The fourth-order valence-electron chi connectivity index (χ4n) is 2.59. The zero-order valence-electron chi connectivity index (χ0n) is 15.4. The number of carbonyl (C=O) groups excluding carboxylic acids is 3. The molecular formula is C20H19NO7. The molecule has 146 valence electrons. The first-order chi connectivity index (χ1) is 13.5. The molecule has 3 rings (SSSR count). The molecule has 1 aliphatic rings. The molecule has 8 heteroatoms. The van der Waals surface area contributed by atoms with Crippen LogP contribution >= 0.6 is 0 Å². The van der Waals surface area contributed by atoms with Crippen LogP contribution in [0, 0.1) is 0 Å². The van der Waals surface area contributed by atoms with E-state index < -0.39 is 18.5 Å². The first kappa shape index (κ1) is 19.2. The predicted octanol–water partition coefficient (Wildman–Crippen LogP) is 2.46. The number of esters is 1. The Kier molecular flexibility index (Phi) is 5.78. The van der Waals surface area contributed by atoms with Gasteiger partial charge in [-0.05, 0) is 43.3 Å². The lowest BCUT2D eigenvalue weighted by molar-refractivity contribution is -0.119. The zero-order chi connectivity index (χ0) is 20.1. The molecule has 1 heterocycles. The van der Waals surface area contributed by atoms with Gasteiger partial charge in [-0.3, -0.25) is 9.59 Å². The van der Waals surface area contributed by atoms with E-state index in [0.717, 1.165) is 0 Å². The molecule has 0 aromatic heterocycles. The van der Waals surface area contributed by atoms with Gasteiger partial charge in [-0.2, -0.15) is 0 Å². The lowest BCUT2D eigenvalue weighted by atomic mass is 10.1. The fourth-order valence-corrected chi connectivity index (χ4v) is 2.59. The van der Waals surface area contributed by atoms with E-state index in [4.69, 9.17) is 18.9 Å². The second kappa shape index (κ2) is 8.43. The van der Waals surface area contributed by atoms with E-state index in [1.54, 1.807) is 24.3 Å². The monoisotopic (exact) mass is 385 g/mol. The summed E-state index contributed by atoms with van der Waals surface area (Å²) < 4.78 is 21.2. The summed E-state index contributed by atoms with van der Waals surface area (Å²) in [5, 5.41) is 2.59. The largest absolute Gasteiger partial charge is 0.493 e. The Morgan fingerprint density at radius 1 is 1.04 bits per heavy atom. The van der Waals surface area contributed by atoms with Gasteiger partial charge >= 0.3 is 5.97 Å². The van der Waals surface area contributed by atoms with Gasteiger partial charge in [0.15, 0.2) is 23.9 Å². The number of carbonyl (C=O) groups is 3. The van der Waals surface area contributed by atoms with E-state index in [1.807, 2.05) is 0 Å². The molecular weight excluding hydrogens is 366 g/mol. The van der Waals surface area contributed by atoms with Gasteiger partial charge < -0.3 is 24.3 Å². The van der Waals surface area contributed by atoms with Crippen molar-refractivity contribution in [3.05, 3.63) is 47.5 Å². The third-order valence-electron chi connectivity index (χ3n) is 3.97. The van der Waals surface area contributed by atoms with Gasteiger partial charge in [-0.15, -0.1) is 0 Å². The molecule has 0 spiro atoms. The van der Waals surface area contributed by atoms with Crippen molar-refractivity contribution in [1.82, 2.24) is 0 Å². The van der Waals surface area contributed by atoms with Gasteiger partial charge in [0.2, 0.25) is 5.75 Å². The summed E-state index contributed by atoms with van der Waals surface area (Å²) >= 11 is 0. The summed E-state index contributed by atoms with van der Waals surface area (Å²) in [6.07, 6.45) is 0. The van der Waals surface area contributed by atoms with Gasteiger partial charge in [0.1, 0.15) is 13.2 Å². The maximum absolute atomic E-state index is 12.3. The number of methoxy groups -OCH3 is 1. The number of ether oxygens (including phenoxy) is 4. The van der Waals surface area contributed by atoms with Crippen LogP contribution in [0.1, 0.15) is 27.6 Å². The molecule has 0 bridgehead atoms. The van der Waals surface area contributed by atoms with E-state index in [0.29, 0.717) is 41.7 Å². The van der Waals surface area contributed by atoms with Crippen molar-refractivity contribution in [2.75, 3.05) is 32.2 Å². The molecule has 2 aromatic carbocycles. The van der Waals surface area contributed by atoms with Crippen LogP contribution in [0.15, 0.2) is 36.4 Å². The van der Waals surface area contributed by atoms with Crippen LogP contribution in [-0.4, -0.2) is 44.6 Å². The Bertz CT molecular complexity index is 888. The molecule has 8 nitrogen and oxygen atoms in total. The van der Waals surface area contributed by atoms with Gasteiger partial charge in [0.25, 0.3) is 5.91 Å². The SMILES string of the molecule is COc1cc(C(=O)OCC(=O)Nc2ccc(C(C)=O)cc2)cc2c1OCCO2. The Morgan fingerprint density at radius 2 is 1.75 bits per heavy atom. The van der Waals surface area contributed by atoms with Gasteiger partial charge in [-0.25, -0.2) is 4.79 Å².